The van der Waals surface area contributed by atoms with E-state index in [-0.39, 0.29) is 0 Å². The van der Waals surface area contributed by atoms with E-state index in [1.807, 2.05) is 19.2 Å². The SMILES string of the molecule is COc1cccc(C(NS(C)(=O)=O)c2nccn2C)c1. The number of hydrogen-bond acceptors (Lipinski definition) is 4. The number of nitrogens with zero attached hydrogens (tertiary/aromatic N) is 2. The summed E-state index contributed by atoms with van der Waals surface area (Å²) in [6, 6.07) is 6.69. The van der Waals surface area contributed by atoms with Gasteiger partial charge < -0.3 is 9.30 Å². The highest BCUT2D eigenvalue weighted by atomic mass is 32.2. The summed E-state index contributed by atoms with van der Waals surface area (Å²) in [6.45, 7) is 0. The fraction of sp³-hybridized carbons (Fsp3) is 0.308. The Morgan fingerprint density at radius 3 is 2.70 bits per heavy atom. The minimum Gasteiger partial charge on any atom is -0.497 e. The molecule has 0 bridgehead atoms. The van der Waals surface area contributed by atoms with Gasteiger partial charge in [-0.25, -0.2) is 18.1 Å². The van der Waals surface area contributed by atoms with Gasteiger partial charge in [-0.05, 0) is 17.7 Å². The normalized spacial score (nSPS) is 13.2. The molecule has 0 amide bonds. The second-order valence-corrected chi connectivity index (χ2v) is 6.28. The maximum atomic E-state index is 11.6. The van der Waals surface area contributed by atoms with Crippen molar-refractivity contribution in [3.8, 4) is 5.75 Å². The third kappa shape index (κ3) is 3.37. The monoisotopic (exact) mass is 295 g/mol. The van der Waals surface area contributed by atoms with Crippen molar-refractivity contribution < 1.29 is 13.2 Å². The van der Waals surface area contributed by atoms with Crippen LogP contribution >= 0.6 is 0 Å². The Bertz CT molecular complexity index is 694. The van der Waals surface area contributed by atoms with Gasteiger partial charge in [0.25, 0.3) is 0 Å². The van der Waals surface area contributed by atoms with Crippen molar-refractivity contribution in [2.75, 3.05) is 13.4 Å². The Balaban J connectivity index is 2.48. The molecule has 1 aromatic carbocycles. The number of benzene rings is 1. The summed E-state index contributed by atoms with van der Waals surface area (Å²) < 4.78 is 32.8. The van der Waals surface area contributed by atoms with Crippen LogP contribution in [0.1, 0.15) is 17.4 Å². The first kappa shape index (κ1) is 14.5. The minimum absolute atomic E-state index is 0.555. The average Bonchev–Trinajstić information content (AvgIpc) is 2.81. The fourth-order valence-corrected chi connectivity index (χ4v) is 2.63. The van der Waals surface area contributed by atoms with Crippen LogP contribution in [0.3, 0.4) is 0 Å². The molecule has 1 unspecified atom stereocenters. The smallest absolute Gasteiger partial charge is 0.209 e. The zero-order valence-corrected chi connectivity index (χ0v) is 12.4. The Morgan fingerprint density at radius 1 is 1.40 bits per heavy atom. The first-order valence-corrected chi connectivity index (χ1v) is 7.88. The number of aromatic nitrogens is 2. The maximum absolute atomic E-state index is 11.6. The van der Waals surface area contributed by atoms with Crippen molar-refractivity contribution in [1.82, 2.24) is 14.3 Å². The number of sulfonamides is 1. The quantitative estimate of drug-likeness (QED) is 0.895. The lowest BCUT2D eigenvalue weighted by atomic mass is 10.1. The molecule has 0 saturated carbocycles. The van der Waals surface area contributed by atoms with Gasteiger partial charge in [0.05, 0.1) is 13.4 Å². The number of aryl methyl sites for hydroxylation is 1. The minimum atomic E-state index is -3.38. The highest BCUT2D eigenvalue weighted by Gasteiger charge is 2.22. The number of nitrogens with one attached hydrogen (secondary N) is 1. The van der Waals surface area contributed by atoms with Gasteiger partial charge in [0.1, 0.15) is 17.6 Å². The lowest BCUT2D eigenvalue weighted by Crippen LogP contribution is -2.30. The molecule has 0 fully saturated rings. The van der Waals surface area contributed by atoms with E-state index >= 15 is 0 Å². The van der Waals surface area contributed by atoms with Crippen molar-refractivity contribution in [3.05, 3.63) is 48.0 Å². The molecule has 1 atom stereocenters. The van der Waals surface area contributed by atoms with Crippen LogP contribution in [0.2, 0.25) is 0 Å². The van der Waals surface area contributed by atoms with Crippen molar-refractivity contribution in [2.24, 2.45) is 7.05 Å². The molecule has 7 heteroatoms. The van der Waals surface area contributed by atoms with Crippen LogP contribution in [0.5, 0.6) is 5.75 Å². The molecule has 0 radical (unpaired) electrons. The molecule has 0 aliphatic carbocycles. The van der Waals surface area contributed by atoms with E-state index in [0.717, 1.165) is 11.8 Å². The Kier molecular flexibility index (Phi) is 4.10. The number of methoxy groups -OCH3 is 1. The highest BCUT2D eigenvalue weighted by Crippen LogP contribution is 2.24. The molecule has 6 nitrogen and oxygen atoms in total. The molecule has 0 aliphatic rings. The van der Waals surface area contributed by atoms with Gasteiger partial charge in [0.2, 0.25) is 10.0 Å². The Hall–Kier alpha value is -1.86. The van der Waals surface area contributed by atoms with Crippen LogP contribution in [0.4, 0.5) is 0 Å². The second-order valence-electron chi connectivity index (χ2n) is 4.50. The molecule has 1 aromatic heterocycles. The standard InChI is InChI=1S/C13H17N3O3S/c1-16-8-7-14-13(16)12(15-20(3,17)18)10-5-4-6-11(9-10)19-2/h4-9,12,15H,1-3H3. The molecule has 1 heterocycles. The molecular weight excluding hydrogens is 278 g/mol. The van der Waals surface area contributed by atoms with Crippen LogP contribution in [-0.2, 0) is 17.1 Å². The van der Waals surface area contributed by atoms with Gasteiger partial charge in [-0.2, -0.15) is 0 Å². The van der Waals surface area contributed by atoms with Crippen molar-refractivity contribution in [3.63, 3.8) is 0 Å². The number of hydrogen-bond donors (Lipinski definition) is 1. The summed E-state index contributed by atoms with van der Waals surface area (Å²) in [6.07, 6.45) is 4.53. The van der Waals surface area contributed by atoms with E-state index in [9.17, 15) is 8.42 Å². The summed E-state index contributed by atoms with van der Waals surface area (Å²) >= 11 is 0. The average molecular weight is 295 g/mol. The predicted octanol–water partition coefficient (Wildman–Crippen LogP) is 1.07. The van der Waals surface area contributed by atoms with E-state index in [0.29, 0.717) is 11.6 Å². The van der Waals surface area contributed by atoms with Crippen molar-refractivity contribution in [2.45, 2.75) is 6.04 Å². The van der Waals surface area contributed by atoms with E-state index in [1.54, 1.807) is 36.2 Å². The second kappa shape index (κ2) is 5.64. The first-order chi connectivity index (χ1) is 9.40. The van der Waals surface area contributed by atoms with Gasteiger partial charge in [-0.3, -0.25) is 0 Å². The Labute approximate surface area is 118 Å². The summed E-state index contributed by atoms with van der Waals surface area (Å²) in [5, 5.41) is 0. The van der Waals surface area contributed by atoms with Crippen molar-refractivity contribution in [1.29, 1.82) is 0 Å². The topological polar surface area (TPSA) is 73.2 Å². The first-order valence-electron chi connectivity index (χ1n) is 5.99. The van der Waals surface area contributed by atoms with Crippen LogP contribution in [0, 0.1) is 0 Å². The van der Waals surface area contributed by atoms with E-state index in [4.69, 9.17) is 4.74 Å². The lowest BCUT2D eigenvalue weighted by molar-refractivity contribution is 0.413. The lowest BCUT2D eigenvalue weighted by Gasteiger charge is -2.18. The largest absolute Gasteiger partial charge is 0.497 e. The molecule has 108 valence electrons. The highest BCUT2D eigenvalue weighted by molar-refractivity contribution is 7.88. The van der Waals surface area contributed by atoms with Gasteiger partial charge in [0.15, 0.2) is 0 Å². The number of imidazole rings is 1. The van der Waals surface area contributed by atoms with E-state index < -0.39 is 16.1 Å². The summed E-state index contributed by atoms with van der Waals surface area (Å²) in [4.78, 5) is 4.23. The summed E-state index contributed by atoms with van der Waals surface area (Å²) in [5.74, 6) is 1.28. The number of rotatable bonds is 5. The van der Waals surface area contributed by atoms with Gasteiger partial charge >= 0.3 is 0 Å². The molecule has 2 aromatic rings. The zero-order chi connectivity index (χ0) is 14.8. The molecule has 0 saturated heterocycles. The van der Waals surface area contributed by atoms with Gasteiger partial charge in [-0.15, -0.1) is 0 Å². The molecule has 1 N–H and O–H groups in total. The molecular formula is C13H17N3O3S. The summed E-state index contributed by atoms with van der Waals surface area (Å²) in [7, 11) is 0.00924. The molecule has 20 heavy (non-hydrogen) atoms. The fourth-order valence-electron chi connectivity index (χ4n) is 1.96. The van der Waals surface area contributed by atoms with Gasteiger partial charge in [0, 0.05) is 19.4 Å². The third-order valence-corrected chi connectivity index (χ3v) is 3.54. The van der Waals surface area contributed by atoms with Crippen LogP contribution in [0.25, 0.3) is 0 Å². The molecule has 0 aliphatic heterocycles. The molecule has 0 spiro atoms. The maximum Gasteiger partial charge on any atom is 0.209 e. The van der Waals surface area contributed by atoms with E-state index in [1.165, 1.54) is 0 Å². The predicted molar refractivity (Wildman–Crippen MR) is 76.0 cm³/mol. The third-order valence-electron chi connectivity index (χ3n) is 2.88. The van der Waals surface area contributed by atoms with Gasteiger partial charge in [-0.1, -0.05) is 12.1 Å². The van der Waals surface area contributed by atoms with Crippen LogP contribution in [0.15, 0.2) is 36.7 Å². The van der Waals surface area contributed by atoms with Crippen LogP contribution < -0.4 is 9.46 Å². The van der Waals surface area contributed by atoms with Crippen LogP contribution in [-0.4, -0.2) is 31.3 Å². The van der Waals surface area contributed by atoms with E-state index in [2.05, 4.69) is 9.71 Å². The van der Waals surface area contributed by atoms with Crippen molar-refractivity contribution >= 4 is 10.0 Å². The Morgan fingerprint density at radius 2 is 2.15 bits per heavy atom. The zero-order valence-electron chi connectivity index (χ0n) is 11.6. The summed E-state index contributed by atoms with van der Waals surface area (Å²) in [5.41, 5.74) is 0.768. The number of ether oxygens (including phenoxy) is 1. The molecule has 2 rings (SSSR count).